The zero-order valence-electron chi connectivity index (χ0n) is 17.0. The Hall–Kier alpha value is -1.47. The lowest BCUT2D eigenvalue weighted by Crippen LogP contribution is -2.66. The molecule has 1 atom stereocenters. The number of rotatable bonds is 9. The smallest absolute Gasteiger partial charge is 0.256 e. The third-order valence-corrected chi connectivity index (χ3v) is 5.96. The summed E-state index contributed by atoms with van der Waals surface area (Å²) in [6, 6.07) is 0. The fourth-order valence-corrected chi connectivity index (χ4v) is 4.62. The van der Waals surface area contributed by atoms with Crippen LogP contribution >= 0.6 is 12.2 Å². The maximum Gasteiger partial charge on any atom is 0.256 e. The summed E-state index contributed by atoms with van der Waals surface area (Å²) in [5.41, 5.74) is 0.551. The van der Waals surface area contributed by atoms with Crippen LogP contribution in [-0.2, 0) is 9.59 Å². The second kappa shape index (κ2) is 10.2. The first-order valence-corrected chi connectivity index (χ1v) is 10.7. The Bertz CT molecular complexity index is 605. The molecule has 0 aromatic carbocycles. The molecule has 1 unspecified atom stereocenters. The molecule has 2 aliphatic heterocycles. The third-order valence-electron chi connectivity index (χ3n) is 5.60. The number of carbonyl (C=O) groups excluding carboxylic acids is 2. The number of carbonyl (C=O) groups is 2. The van der Waals surface area contributed by atoms with Crippen LogP contribution in [0.15, 0.2) is 11.1 Å². The first-order valence-electron chi connectivity index (χ1n) is 10.3. The van der Waals surface area contributed by atoms with Gasteiger partial charge >= 0.3 is 0 Å². The molecule has 0 spiro atoms. The lowest BCUT2D eigenvalue weighted by atomic mass is 9.79. The van der Waals surface area contributed by atoms with E-state index in [2.05, 4.69) is 27.8 Å². The van der Waals surface area contributed by atoms with Crippen LogP contribution in [0.1, 0.15) is 65.7 Å². The van der Waals surface area contributed by atoms with E-state index >= 15 is 0 Å². The van der Waals surface area contributed by atoms with Gasteiger partial charge in [0.1, 0.15) is 0 Å². The summed E-state index contributed by atoms with van der Waals surface area (Å²) in [6.45, 7) is 8.88. The first-order chi connectivity index (χ1) is 13.0. The van der Waals surface area contributed by atoms with Crippen LogP contribution in [0.2, 0.25) is 0 Å². The van der Waals surface area contributed by atoms with Crippen molar-refractivity contribution in [1.82, 2.24) is 20.9 Å². The lowest BCUT2D eigenvalue weighted by molar-refractivity contribution is -0.124. The van der Waals surface area contributed by atoms with Crippen LogP contribution < -0.4 is 16.0 Å². The third kappa shape index (κ3) is 4.88. The summed E-state index contributed by atoms with van der Waals surface area (Å²) < 4.78 is 0. The largest absolute Gasteiger partial charge is 0.363 e. The number of amides is 2. The van der Waals surface area contributed by atoms with Crippen molar-refractivity contribution in [2.45, 2.75) is 71.3 Å². The number of unbranched alkanes of at least 4 members (excludes halogenated alkanes) is 5. The average molecular weight is 395 g/mol. The fourth-order valence-electron chi connectivity index (χ4n) is 4.21. The van der Waals surface area contributed by atoms with Crippen molar-refractivity contribution in [2.75, 3.05) is 26.2 Å². The molecule has 2 aliphatic rings. The molecule has 6 nitrogen and oxygen atoms in total. The molecule has 0 aromatic rings. The highest BCUT2D eigenvalue weighted by Crippen LogP contribution is 2.36. The van der Waals surface area contributed by atoms with Gasteiger partial charge in [-0.15, -0.1) is 0 Å². The molecule has 0 saturated carbocycles. The number of hydrogen-bond acceptors (Lipinski definition) is 4. The standard InChI is InChI=1S/C20H34N4O2S/c1-4-6-7-8-9-10-11-20(16-15(3)17(25)23-18(16)26)14-21-12-13-24(20)19(27)22-5-2/h21H,4-14H2,1-3H3,(H,22,27)(H,23,25,26). The Balaban J connectivity index is 2.28. The van der Waals surface area contributed by atoms with Gasteiger partial charge in [-0.3, -0.25) is 14.9 Å². The Labute approximate surface area is 168 Å². The van der Waals surface area contributed by atoms with Gasteiger partial charge in [0.05, 0.1) is 11.1 Å². The minimum absolute atomic E-state index is 0.267. The van der Waals surface area contributed by atoms with Crippen molar-refractivity contribution in [2.24, 2.45) is 0 Å². The molecule has 0 radical (unpaired) electrons. The van der Waals surface area contributed by atoms with Crippen molar-refractivity contribution >= 4 is 29.1 Å². The summed E-state index contributed by atoms with van der Waals surface area (Å²) in [5.74, 6) is -0.548. The molecule has 2 amide bonds. The van der Waals surface area contributed by atoms with Crippen molar-refractivity contribution < 1.29 is 9.59 Å². The number of nitrogens with zero attached hydrogens (tertiary/aromatic N) is 1. The highest BCUT2D eigenvalue weighted by atomic mass is 32.1. The quantitative estimate of drug-likeness (QED) is 0.316. The molecule has 27 heavy (non-hydrogen) atoms. The molecule has 7 heteroatoms. The summed E-state index contributed by atoms with van der Waals surface area (Å²) in [6.07, 6.45) is 7.91. The van der Waals surface area contributed by atoms with Crippen LogP contribution in [0.3, 0.4) is 0 Å². The second-order valence-corrected chi connectivity index (χ2v) is 7.88. The van der Waals surface area contributed by atoms with E-state index in [4.69, 9.17) is 12.2 Å². The molecule has 2 rings (SSSR count). The molecular formula is C20H34N4O2S. The van der Waals surface area contributed by atoms with E-state index in [0.717, 1.165) is 38.9 Å². The van der Waals surface area contributed by atoms with Crippen LogP contribution in [0.25, 0.3) is 0 Å². The normalized spacial score (nSPS) is 23.0. The molecule has 1 saturated heterocycles. The van der Waals surface area contributed by atoms with Crippen molar-refractivity contribution in [1.29, 1.82) is 0 Å². The molecule has 1 fully saturated rings. The number of hydrogen-bond donors (Lipinski definition) is 3. The maximum absolute atomic E-state index is 12.7. The Morgan fingerprint density at radius 3 is 2.48 bits per heavy atom. The number of imide groups is 1. The Kier molecular flexibility index (Phi) is 8.23. The molecule has 0 bridgehead atoms. The number of piperazine rings is 1. The van der Waals surface area contributed by atoms with Crippen molar-refractivity contribution in [3.63, 3.8) is 0 Å². The van der Waals surface area contributed by atoms with Gasteiger partial charge in [0.15, 0.2) is 5.11 Å². The van der Waals surface area contributed by atoms with Gasteiger partial charge < -0.3 is 15.5 Å². The number of thiocarbonyl (C=S) groups is 1. The van der Waals surface area contributed by atoms with E-state index in [1.54, 1.807) is 6.92 Å². The fraction of sp³-hybridized carbons (Fsp3) is 0.750. The van der Waals surface area contributed by atoms with E-state index in [1.165, 1.54) is 25.7 Å². The Morgan fingerprint density at radius 1 is 1.15 bits per heavy atom. The SMILES string of the molecule is CCCCCCCCC1(C2=C(C)C(=O)NC2=O)CNCCN1C(=S)NCC. The second-order valence-electron chi connectivity index (χ2n) is 7.50. The van der Waals surface area contributed by atoms with Gasteiger partial charge in [-0.25, -0.2) is 0 Å². The van der Waals surface area contributed by atoms with E-state index in [1.807, 2.05) is 6.92 Å². The minimum atomic E-state index is -0.567. The summed E-state index contributed by atoms with van der Waals surface area (Å²) in [5, 5.41) is 9.83. The summed E-state index contributed by atoms with van der Waals surface area (Å²) in [4.78, 5) is 27.0. The minimum Gasteiger partial charge on any atom is -0.363 e. The molecule has 0 aromatic heterocycles. The summed E-state index contributed by atoms with van der Waals surface area (Å²) >= 11 is 5.65. The lowest BCUT2D eigenvalue weighted by Gasteiger charge is -2.49. The van der Waals surface area contributed by atoms with E-state index in [-0.39, 0.29) is 11.8 Å². The topological polar surface area (TPSA) is 73.5 Å². The van der Waals surface area contributed by atoms with E-state index < -0.39 is 5.54 Å². The van der Waals surface area contributed by atoms with E-state index in [9.17, 15) is 9.59 Å². The first kappa shape index (κ1) is 21.8. The maximum atomic E-state index is 12.7. The molecule has 3 N–H and O–H groups in total. The zero-order valence-corrected chi connectivity index (χ0v) is 17.8. The Morgan fingerprint density at radius 2 is 1.85 bits per heavy atom. The van der Waals surface area contributed by atoms with Gasteiger partial charge in [0.2, 0.25) is 0 Å². The van der Waals surface area contributed by atoms with Gasteiger partial charge in [0, 0.05) is 31.8 Å². The highest BCUT2D eigenvalue weighted by Gasteiger charge is 2.49. The van der Waals surface area contributed by atoms with Gasteiger partial charge in [0.25, 0.3) is 11.8 Å². The highest BCUT2D eigenvalue weighted by molar-refractivity contribution is 7.80. The van der Waals surface area contributed by atoms with Crippen molar-refractivity contribution in [3.05, 3.63) is 11.1 Å². The van der Waals surface area contributed by atoms with Gasteiger partial charge in [-0.1, -0.05) is 45.4 Å². The molecule has 152 valence electrons. The monoisotopic (exact) mass is 394 g/mol. The van der Waals surface area contributed by atoms with Crippen LogP contribution in [-0.4, -0.2) is 53.5 Å². The van der Waals surface area contributed by atoms with Crippen molar-refractivity contribution in [3.8, 4) is 0 Å². The molecule has 0 aliphatic carbocycles. The number of nitrogens with one attached hydrogen (secondary N) is 3. The van der Waals surface area contributed by atoms with E-state index in [0.29, 0.717) is 22.8 Å². The predicted octanol–water partition coefficient (Wildman–Crippen LogP) is 2.25. The van der Waals surface area contributed by atoms with Gasteiger partial charge in [-0.2, -0.15) is 0 Å². The summed E-state index contributed by atoms with van der Waals surface area (Å²) in [7, 11) is 0. The molecular weight excluding hydrogens is 360 g/mol. The predicted molar refractivity (Wildman–Crippen MR) is 112 cm³/mol. The van der Waals surface area contributed by atoms with Crippen LogP contribution in [0.5, 0.6) is 0 Å². The average Bonchev–Trinajstić information content (AvgIpc) is 2.91. The van der Waals surface area contributed by atoms with Crippen LogP contribution in [0, 0.1) is 0 Å². The van der Waals surface area contributed by atoms with Crippen LogP contribution in [0.4, 0.5) is 0 Å². The van der Waals surface area contributed by atoms with Gasteiger partial charge in [-0.05, 0) is 32.5 Å². The molecule has 2 heterocycles. The zero-order chi connectivity index (χ0) is 19.9.